The molecule has 2 N–H and O–H groups in total. The first-order valence-electron chi connectivity index (χ1n) is 6.95. The summed E-state index contributed by atoms with van der Waals surface area (Å²) in [5, 5.41) is 12.9. The van der Waals surface area contributed by atoms with Gasteiger partial charge in [0.1, 0.15) is 5.75 Å². The number of nitrogens with one attached hydrogen (secondary N) is 1. The van der Waals surface area contributed by atoms with Crippen LogP contribution in [0.1, 0.15) is 30.9 Å². The van der Waals surface area contributed by atoms with Crippen LogP contribution in [0, 0.1) is 5.92 Å². The number of carbonyl (C=O) groups excluding carboxylic acids is 1. The summed E-state index contributed by atoms with van der Waals surface area (Å²) in [6.45, 7) is 0.228. The number of aliphatic hydroxyl groups is 1. The molecular weight excluding hydrogens is 254 g/mol. The Morgan fingerprint density at radius 3 is 3.05 bits per heavy atom. The zero-order chi connectivity index (χ0) is 14.4. The highest BCUT2D eigenvalue weighted by atomic mass is 16.5. The number of aliphatic hydroxyl groups excluding tert-OH is 1. The Morgan fingerprint density at radius 1 is 1.50 bits per heavy atom. The molecule has 0 saturated carbocycles. The smallest absolute Gasteiger partial charge is 0.223 e. The van der Waals surface area contributed by atoms with Gasteiger partial charge in [-0.25, -0.2) is 0 Å². The highest BCUT2D eigenvalue weighted by Gasteiger charge is 2.19. The first-order chi connectivity index (χ1) is 9.70. The Labute approximate surface area is 119 Å². The molecule has 2 rings (SSSR count). The summed E-state index contributed by atoms with van der Waals surface area (Å²) in [5.74, 6) is 0.763. The Balaban J connectivity index is 1.86. The Bertz CT molecular complexity index is 484. The Kier molecular flexibility index (Phi) is 5.18. The first-order valence-corrected chi connectivity index (χ1v) is 6.95. The van der Waals surface area contributed by atoms with Gasteiger partial charge in [0.15, 0.2) is 0 Å². The van der Waals surface area contributed by atoms with Crippen molar-refractivity contribution in [3.63, 3.8) is 0 Å². The second-order valence-corrected chi connectivity index (χ2v) is 5.02. The third-order valence-electron chi connectivity index (χ3n) is 3.59. The number of ether oxygens (including phenoxy) is 1. The van der Waals surface area contributed by atoms with Crippen molar-refractivity contribution in [2.75, 3.05) is 13.7 Å². The maximum Gasteiger partial charge on any atom is 0.223 e. The van der Waals surface area contributed by atoms with E-state index in [0.29, 0.717) is 5.75 Å². The molecule has 0 fully saturated rings. The molecule has 0 bridgehead atoms. The topological polar surface area (TPSA) is 58.6 Å². The van der Waals surface area contributed by atoms with Crippen LogP contribution in [-0.4, -0.2) is 24.7 Å². The van der Waals surface area contributed by atoms with Gasteiger partial charge in [0, 0.05) is 12.5 Å². The molecule has 0 unspecified atom stereocenters. The van der Waals surface area contributed by atoms with Crippen molar-refractivity contribution in [3.05, 3.63) is 42.0 Å². The average molecular weight is 275 g/mol. The lowest BCUT2D eigenvalue weighted by Gasteiger charge is -2.19. The molecule has 0 aromatic heterocycles. The summed E-state index contributed by atoms with van der Waals surface area (Å²) >= 11 is 0. The van der Waals surface area contributed by atoms with Crippen molar-refractivity contribution < 1.29 is 14.6 Å². The highest BCUT2D eigenvalue weighted by molar-refractivity contribution is 5.79. The third kappa shape index (κ3) is 3.84. The molecule has 0 heterocycles. The third-order valence-corrected chi connectivity index (χ3v) is 3.59. The van der Waals surface area contributed by atoms with Gasteiger partial charge in [-0.05, 0) is 37.0 Å². The molecule has 4 nitrogen and oxygen atoms in total. The van der Waals surface area contributed by atoms with E-state index >= 15 is 0 Å². The van der Waals surface area contributed by atoms with Crippen LogP contribution in [0.3, 0.4) is 0 Å². The van der Waals surface area contributed by atoms with Gasteiger partial charge in [0.05, 0.1) is 13.2 Å². The van der Waals surface area contributed by atoms with Gasteiger partial charge in [-0.3, -0.25) is 4.79 Å². The van der Waals surface area contributed by atoms with Gasteiger partial charge in [0.2, 0.25) is 5.91 Å². The molecule has 0 radical (unpaired) electrons. The maximum atomic E-state index is 12.0. The predicted octanol–water partition coefficient (Wildman–Crippen LogP) is 2.20. The van der Waals surface area contributed by atoms with Gasteiger partial charge >= 0.3 is 0 Å². The molecule has 20 heavy (non-hydrogen) atoms. The van der Waals surface area contributed by atoms with Crippen molar-refractivity contribution in [1.82, 2.24) is 5.32 Å². The summed E-state index contributed by atoms with van der Waals surface area (Å²) in [4.78, 5) is 12.0. The molecule has 0 spiro atoms. The first kappa shape index (κ1) is 14.6. The number of carbonyl (C=O) groups is 1. The van der Waals surface area contributed by atoms with E-state index in [0.717, 1.165) is 24.8 Å². The van der Waals surface area contributed by atoms with Crippen LogP contribution in [0.4, 0.5) is 0 Å². The summed E-state index contributed by atoms with van der Waals surface area (Å²) in [6.07, 6.45) is 6.07. The molecule has 1 aromatic carbocycles. The van der Waals surface area contributed by atoms with Gasteiger partial charge in [-0.2, -0.15) is 0 Å². The van der Waals surface area contributed by atoms with Crippen molar-refractivity contribution >= 4 is 5.91 Å². The minimum absolute atomic E-state index is 0.0243. The minimum atomic E-state index is -0.715. The zero-order valence-electron chi connectivity index (χ0n) is 11.7. The molecule has 0 saturated heterocycles. The fraction of sp³-hybridized carbons (Fsp3) is 0.438. The zero-order valence-corrected chi connectivity index (χ0v) is 11.7. The van der Waals surface area contributed by atoms with Gasteiger partial charge in [-0.15, -0.1) is 0 Å². The Morgan fingerprint density at radius 2 is 2.35 bits per heavy atom. The van der Waals surface area contributed by atoms with E-state index in [1.807, 2.05) is 24.3 Å². The molecule has 4 heteroatoms. The fourth-order valence-electron chi connectivity index (χ4n) is 2.34. The summed E-state index contributed by atoms with van der Waals surface area (Å²) < 4.78 is 5.12. The molecular formula is C16H21NO3. The van der Waals surface area contributed by atoms with E-state index < -0.39 is 6.10 Å². The van der Waals surface area contributed by atoms with Gasteiger partial charge < -0.3 is 15.2 Å². The lowest BCUT2D eigenvalue weighted by Crippen LogP contribution is -2.34. The van der Waals surface area contributed by atoms with Crippen LogP contribution in [0.2, 0.25) is 0 Å². The lowest BCUT2D eigenvalue weighted by atomic mass is 9.93. The van der Waals surface area contributed by atoms with Crippen LogP contribution in [0.15, 0.2) is 36.4 Å². The lowest BCUT2D eigenvalue weighted by molar-refractivity contribution is -0.125. The molecule has 108 valence electrons. The van der Waals surface area contributed by atoms with Crippen molar-refractivity contribution in [1.29, 1.82) is 0 Å². The minimum Gasteiger partial charge on any atom is -0.497 e. The molecule has 1 aromatic rings. The van der Waals surface area contributed by atoms with Gasteiger partial charge in [-0.1, -0.05) is 24.3 Å². The quantitative estimate of drug-likeness (QED) is 0.810. The van der Waals surface area contributed by atoms with Crippen LogP contribution in [0.25, 0.3) is 0 Å². The van der Waals surface area contributed by atoms with Crippen LogP contribution >= 0.6 is 0 Å². The number of hydrogen-bond donors (Lipinski definition) is 2. The standard InChI is InChI=1S/C16H21NO3/c1-20-14-9-5-8-13(10-14)15(18)11-17-16(19)12-6-3-2-4-7-12/h2-3,5,8-10,12,15,18H,4,6-7,11H2,1H3,(H,17,19)/t12-,15+/m1/s1. The number of allylic oxidation sites excluding steroid dienone is 2. The fourth-order valence-corrected chi connectivity index (χ4v) is 2.34. The predicted molar refractivity (Wildman–Crippen MR) is 77.4 cm³/mol. The van der Waals surface area contributed by atoms with Crippen LogP contribution in [-0.2, 0) is 4.79 Å². The number of hydrogen-bond acceptors (Lipinski definition) is 3. The second-order valence-electron chi connectivity index (χ2n) is 5.02. The van der Waals surface area contributed by atoms with Gasteiger partial charge in [0.25, 0.3) is 0 Å². The number of rotatable bonds is 5. The number of methoxy groups -OCH3 is 1. The molecule has 1 amide bonds. The van der Waals surface area contributed by atoms with E-state index in [-0.39, 0.29) is 18.4 Å². The van der Waals surface area contributed by atoms with E-state index in [2.05, 4.69) is 11.4 Å². The molecule has 1 aliphatic rings. The highest BCUT2D eigenvalue weighted by Crippen LogP contribution is 2.20. The van der Waals surface area contributed by atoms with Crippen LogP contribution < -0.4 is 10.1 Å². The Hall–Kier alpha value is -1.81. The monoisotopic (exact) mass is 275 g/mol. The molecule has 2 atom stereocenters. The van der Waals surface area contributed by atoms with Crippen molar-refractivity contribution in [3.8, 4) is 5.75 Å². The SMILES string of the molecule is COc1cccc([C@@H](O)CNC(=O)[C@@H]2CC=CCC2)c1. The molecule has 1 aliphatic carbocycles. The number of benzene rings is 1. The largest absolute Gasteiger partial charge is 0.497 e. The van der Waals surface area contributed by atoms with E-state index in [4.69, 9.17) is 4.74 Å². The normalized spacial score (nSPS) is 19.4. The molecule has 0 aliphatic heterocycles. The number of amides is 1. The van der Waals surface area contributed by atoms with Crippen LogP contribution in [0.5, 0.6) is 5.75 Å². The van der Waals surface area contributed by atoms with E-state index in [9.17, 15) is 9.90 Å². The van der Waals surface area contributed by atoms with E-state index in [1.54, 1.807) is 13.2 Å². The van der Waals surface area contributed by atoms with Crippen molar-refractivity contribution in [2.24, 2.45) is 5.92 Å². The summed E-state index contributed by atoms with van der Waals surface area (Å²) in [7, 11) is 1.59. The van der Waals surface area contributed by atoms with E-state index in [1.165, 1.54) is 0 Å². The van der Waals surface area contributed by atoms with Crippen molar-refractivity contribution in [2.45, 2.75) is 25.4 Å². The summed E-state index contributed by atoms with van der Waals surface area (Å²) in [6, 6.07) is 7.25. The second kappa shape index (κ2) is 7.10. The average Bonchev–Trinajstić information content (AvgIpc) is 2.53. The summed E-state index contributed by atoms with van der Waals surface area (Å²) in [5.41, 5.74) is 0.744. The maximum absolute atomic E-state index is 12.0.